The molecular formula is C21H20N2O3. The van der Waals surface area contributed by atoms with E-state index in [1.807, 2.05) is 42.3 Å². The molecule has 0 radical (unpaired) electrons. The first-order chi connectivity index (χ1) is 12.6. The van der Waals surface area contributed by atoms with Gasteiger partial charge in [0.05, 0.1) is 11.4 Å². The van der Waals surface area contributed by atoms with Crippen molar-refractivity contribution < 1.29 is 9.21 Å². The number of piperazine rings is 1. The molecule has 1 aromatic heterocycles. The van der Waals surface area contributed by atoms with Crippen LogP contribution in [0.1, 0.15) is 22.2 Å². The van der Waals surface area contributed by atoms with Gasteiger partial charge in [-0.15, -0.1) is 0 Å². The van der Waals surface area contributed by atoms with Crippen LogP contribution in [0.25, 0.3) is 11.0 Å². The maximum absolute atomic E-state index is 13.2. The summed E-state index contributed by atoms with van der Waals surface area (Å²) < 4.78 is 5.76. The molecule has 0 spiro atoms. The smallest absolute Gasteiger partial charge is 0.290 e. The van der Waals surface area contributed by atoms with Crippen LogP contribution in [0, 0.1) is 0 Å². The van der Waals surface area contributed by atoms with E-state index in [1.54, 1.807) is 24.3 Å². The van der Waals surface area contributed by atoms with Crippen LogP contribution >= 0.6 is 0 Å². The summed E-state index contributed by atoms with van der Waals surface area (Å²) in [5.74, 6) is -0.144. The van der Waals surface area contributed by atoms with Gasteiger partial charge in [-0.2, -0.15) is 0 Å². The van der Waals surface area contributed by atoms with Gasteiger partial charge in [0.1, 0.15) is 5.58 Å². The summed E-state index contributed by atoms with van der Waals surface area (Å²) in [5, 5.41) is 0.488. The fourth-order valence-corrected chi connectivity index (χ4v) is 3.47. The second-order valence-electron chi connectivity index (χ2n) is 6.66. The molecule has 3 aromatic rings. The molecule has 5 heteroatoms. The minimum Gasteiger partial charge on any atom is -0.451 e. The Kier molecular flexibility index (Phi) is 4.31. The molecule has 1 fully saturated rings. The fourth-order valence-electron chi connectivity index (χ4n) is 3.47. The molecule has 0 bridgehead atoms. The zero-order chi connectivity index (χ0) is 18.1. The number of carbonyl (C=O) groups excluding carboxylic acids is 1. The zero-order valence-corrected chi connectivity index (χ0v) is 14.6. The Morgan fingerprint density at radius 3 is 2.58 bits per heavy atom. The molecule has 1 aliphatic rings. The lowest BCUT2D eigenvalue weighted by atomic mass is 10.0. The Hall–Kier alpha value is -2.92. The van der Waals surface area contributed by atoms with Crippen LogP contribution in [0.3, 0.4) is 0 Å². The fraction of sp³-hybridized carbons (Fsp3) is 0.238. The third-order valence-corrected chi connectivity index (χ3v) is 4.87. The van der Waals surface area contributed by atoms with Crippen molar-refractivity contribution in [1.29, 1.82) is 0 Å². The van der Waals surface area contributed by atoms with Crippen LogP contribution in [0.15, 0.2) is 69.9 Å². The molecule has 0 N–H and O–H groups in total. The summed E-state index contributed by atoms with van der Waals surface area (Å²) in [4.78, 5) is 29.5. The van der Waals surface area contributed by atoms with Gasteiger partial charge in [-0.3, -0.25) is 9.59 Å². The molecular weight excluding hydrogens is 328 g/mol. The van der Waals surface area contributed by atoms with E-state index < -0.39 is 0 Å². The van der Waals surface area contributed by atoms with Crippen molar-refractivity contribution >= 4 is 16.9 Å². The van der Waals surface area contributed by atoms with Gasteiger partial charge >= 0.3 is 0 Å². The monoisotopic (exact) mass is 348 g/mol. The van der Waals surface area contributed by atoms with Crippen LogP contribution in [-0.4, -0.2) is 42.4 Å². The average Bonchev–Trinajstić information content (AvgIpc) is 2.68. The summed E-state index contributed by atoms with van der Waals surface area (Å²) in [6.07, 6.45) is 0. The summed E-state index contributed by atoms with van der Waals surface area (Å²) in [5.41, 5.74) is 1.32. The van der Waals surface area contributed by atoms with Gasteiger partial charge in [-0.1, -0.05) is 42.5 Å². The van der Waals surface area contributed by atoms with E-state index in [-0.39, 0.29) is 23.1 Å². The Morgan fingerprint density at radius 1 is 1.04 bits per heavy atom. The minimum atomic E-state index is -0.241. The minimum absolute atomic E-state index is 0.0702. The molecule has 0 aliphatic carbocycles. The Bertz CT molecular complexity index is 997. The van der Waals surface area contributed by atoms with Crippen molar-refractivity contribution in [1.82, 2.24) is 9.80 Å². The lowest BCUT2D eigenvalue weighted by Crippen LogP contribution is -2.49. The van der Waals surface area contributed by atoms with Gasteiger partial charge in [-0.05, 0) is 24.7 Å². The van der Waals surface area contributed by atoms with Gasteiger partial charge < -0.3 is 14.2 Å². The Morgan fingerprint density at radius 2 is 1.77 bits per heavy atom. The highest BCUT2D eigenvalue weighted by molar-refractivity contribution is 5.93. The highest BCUT2D eigenvalue weighted by Gasteiger charge is 2.32. The summed E-state index contributed by atoms with van der Waals surface area (Å²) in [6.45, 7) is 2.12. The predicted molar refractivity (Wildman–Crippen MR) is 100 cm³/mol. The molecule has 1 amide bonds. The second kappa shape index (κ2) is 6.77. The van der Waals surface area contributed by atoms with E-state index in [4.69, 9.17) is 4.42 Å². The largest absolute Gasteiger partial charge is 0.451 e. The molecule has 2 aromatic carbocycles. The number of hydrogen-bond acceptors (Lipinski definition) is 4. The van der Waals surface area contributed by atoms with Gasteiger partial charge in [-0.25, -0.2) is 0 Å². The van der Waals surface area contributed by atoms with Gasteiger partial charge in [0.15, 0.2) is 11.2 Å². The lowest BCUT2D eigenvalue weighted by Gasteiger charge is -2.40. The Labute approximate surface area is 151 Å². The van der Waals surface area contributed by atoms with E-state index in [0.29, 0.717) is 17.5 Å². The third kappa shape index (κ3) is 3.02. The normalized spacial score (nSPS) is 18.2. The molecule has 1 atom stereocenters. The molecule has 26 heavy (non-hydrogen) atoms. The summed E-state index contributed by atoms with van der Waals surface area (Å²) >= 11 is 0. The van der Waals surface area contributed by atoms with Crippen molar-refractivity contribution in [3.8, 4) is 0 Å². The third-order valence-electron chi connectivity index (χ3n) is 4.87. The molecule has 1 unspecified atom stereocenters. The average molecular weight is 348 g/mol. The molecule has 0 saturated carbocycles. The van der Waals surface area contributed by atoms with Crippen molar-refractivity contribution in [2.75, 3.05) is 26.7 Å². The molecule has 1 aliphatic heterocycles. The highest BCUT2D eigenvalue weighted by Crippen LogP contribution is 2.27. The standard InChI is InChI=1S/C21H20N2O3/c1-22-11-12-23(17(14-22)15-7-3-2-4-8-15)21(25)20-13-18(24)16-9-5-6-10-19(16)26-20/h2-10,13,17H,11-12,14H2,1H3. The van der Waals surface area contributed by atoms with Crippen LogP contribution in [0.5, 0.6) is 0 Å². The SMILES string of the molecule is CN1CCN(C(=O)c2cc(=O)c3ccccc3o2)C(c2ccccc2)C1. The molecule has 1 saturated heterocycles. The number of fused-ring (bicyclic) bond motifs is 1. The number of likely N-dealkylation sites (N-methyl/N-ethyl adjacent to an activating group) is 1. The number of hydrogen-bond donors (Lipinski definition) is 0. The number of carbonyl (C=O) groups is 1. The van der Waals surface area contributed by atoms with Crippen molar-refractivity contribution in [2.45, 2.75) is 6.04 Å². The van der Waals surface area contributed by atoms with Crippen molar-refractivity contribution in [2.24, 2.45) is 0 Å². The number of amides is 1. The van der Waals surface area contributed by atoms with E-state index in [9.17, 15) is 9.59 Å². The van der Waals surface area contributed by atoms with Crippen LogP contribution < -0.4 is 5.43 Å². The molecule has 4 rings (SSSR count). The number of para-hydroxylation sites is 1. The zero-order valence-electron chi connectivity index (χ0n) is 14.6. The van der Waals surface area contributed by atoms with Gasteiger partial charge in [0.25, 0.3) is 5.91 Å². The van der Waals surface area contributed by atoms with E-state index in [0.717, 1.165) is 18.7 Å². The summed E-state index contributed by atoms with van der Waals surface area (Å²) in [6, 6.07) is 18.2. The highest BCUT2D eigenvalue weighted by atomic mass is 16.3. The van der Waals surface area contributed by atoms with E-state index in [1.165, 1.54) is 6.07 Å². The first kappa shape index (κ1) is 16.5. The number of rotatable bonds is 2. The van der Waals surface area contributed by atoms with Crippen LogP contribution in [-0.2, 0) is 0 Å². The second-order valence-corrected chi connectivity index (χ2v) is 6.66. The molecule has 5 nitrogen and oxygen atoms in total. The number of nitrogens with zero attached hydrogens (tertiary/aromatic N) is 2. The molecule has 2 heterocycles. The summed E-state index contributed by atoms with van der Waals surface area (Å²) in [7, 11) is 2.05. The van der Waals surface area contributed by atoms with E-state index in [2.05, 4.69) is 4.90 Å². The quantitative estimate of drug-likeness (QED) is 0.715. The number of benzene rings is 2. The topological polar surface area (TPSA) is 53.8 Å². The molecule has 132 valence electrons. The van der Waals surface area contributed by atoms with Gasteiger partial charge in [0.2, 0.25) is 0 Å². The van der Waals surface area contributed by atoms with Crippen LogP contribution in [0.2, 0.25) is 0 Å². The predicted octanol–water partition coefficient (Wildman–Crippen LogP) is 2.92. The first-order valence-corrected chi connectivity index (χ1v) is 8.71. The lowest BCUT2D eigenvalue weighted by molar-refractivity contribution is 0.0468. The van der Waals surface area contributed by atoms with Crippen molar-refractivity contribution in [3.05, 3.63) is 82.2 Å². The maximum Gasteiger partial charge on any atom is 0.290 e. The van der Waals surface area contributed by atoms with Crippen LogP contribution in [0.4, 0.5) is 0 Å². The first-order valence-electron chi connectivity index (χ1n) is 8.71. The van der Waals surface area contributed by atoms with Gasteiger partial charge in [0, 0.05) is 25.7 Å². The maximum atomic E-state index is 13.2. The van der Waals surface area contributed by atoms with E-state index >= 15 is 0 Å². The van der Waals surface area contributed by atoms with Crippen molar-refractivity contribution in [3.63, 3.8) is 0 Å². The Balaban J connectivity index is 1.73.